The van der Waals surface area contributed by atoms with Crippen molar-refractivity contribution in [1.29, 1.82) is 0 Å². The third-order valence-corrected chi connectivity index (χ3v) is 7.45. The second-order valence-electron chi connectivity index (χ2n) is 10.3. The van der Waals surface area contributed by atoms with Gasteiger partial charge in [0.05, 0.1) is 18.5 Å². The molecule has 0 radical (unpaired) electrons. The maximum Gasteiger partial charge on any atom is 0.137 e. The van der Waals surface area contributed by atoms with E-state index in [2.05, 4.69) is 55.2 Å². The smallest absolute Gasteiger partial charge is 0.137 e. The van der Waals surface area contributed by atoms with E-state index in [0.717, 1.165) is 36.3 Å². The quantitative estimate of drug-likeness (QED) is 0.253. The number of hydrogen-bond donors (Lipinski definition) is 0. The van der Waals surface area contributed by atoms with E-state index in [1.165, 1.54) is 101 Å². The molecule has 2 heteroatoms. The van der Waals surface area contributed by atoms with E-state index in [-0.39, 0.29) is 0 Å². The van der Waals surface area contributed by atoms with Crippen LogP contribution in [0.15, 0.2) is 42.6 Å². The molecule has 3 rings (SSSR count). The number of nitrogens with zero attached hydrogens (tertiary/aromatic N) is 1. The van der Waals surface area contributed by atoms with Crippen LogP contribution in [-0.2, 0) is 6.42 Å². The van der Waals surface area contributed by atoms with Crippen molar-refractivity contribution >= 4 is 0 Å². The summed E-state index contributed by atoms with van der Waals surface area (Å²) in [5, 5.41) is 0. The summed E-state index contributed by atoms with van der Waals surface area (Å²) in [6.07, 6.45) is 22.3. The molecule has 1 saturated carbocycles. The van der Waals surface area contributed by atoms with Gasteiger partial charge >= 0.3 is 0 Å². The molecule has 0 aliphatic heterocycles. The van der Waals surface area contributed by atoms with Crippen molar-refractivity contribution in [2.45, 2.75) is 110 Å². The number of ether oxygens (including phenoxy) is 1. The second-order valence-corrected chi connectivity index (χ2v) is 10.3. The van der Waals surface area contributed by atoms with Crippen molar-refractivity contribution in [3.63, 3.8) is 0 Å². The number of aryl methyl sites for hydroxylation is 1. The monoisotopic (exact) mass is 449 g/mol. The highest BCUT2D eigenvalue weighted by atomic mass is 16.5. The Morgan fingerprint density at radius 1 is 0.788 bits per heavy atom. The van der Waals surface area contributed by atoms with E-state index in [9.17, 15) is 0 Å². The predicted octanol–water partition coefficient (Wildman–Crippen LogP) is 9.42. The lowest BCUT2D eigenvalue weighted by atomic mass is 9.77. The van der Waals surface area contributed by atoms with Gasteiger partial charge in [-0.25, -0.2) is 0 Å². The highest BCUT2D eigenvalue weighted by Gasteiger charge is 2.21. The molecule has 2 unspecified atom stereocenters. The molecule has 2 aromatic rings. The molecule has 182 valence electrons. The van der Waals surface area contributed by atoms with E-state index in [4.69, 9.17) is 4.74 Å². The first-order valence-corrected chi connectivity index (χ1v) is 14.0. The Kier molecular flexibility index (Phi) is 11.8. The van der Waals surface area contributed by atoms with Crippen LogP contribution in [0.2, 0.25) is 0 Å². The Labute approximate surface area is 203 Å². The van der Waals surface area contributed by atoms with Crippen molar-refractivity contribution in [2.24, 2.45) is 11.8 Å². The molecule has 1 aromatic heterocycles. The Morgan fingerprint density at radius 3 is 2.21 bits per heavy atom. The maximum absolute atomic E-state index is 5.83. The van der Waals surface area contributed by atoms with Gasteiger partial charge in [-0.2, -0.15) is 0 Å². The standard InChI is InChI=1S/C31H47NO/c1-3-5-7-9-12-27-13-11-14-28(24-27)16-15-26-17-19-29(20-18-26)31-22-21-30(25-32-31)33-23-10-8-6-4-2/h17-22,25,27-28H,3-16,23-24H2,1-2H3. The molecule has 1 fully saturated rings. The van der Waals surface area contributed by atoms with Gasteiger partial charge in [0.25, 0.3) is 0 Å². The van der Waals surface area contributed by atoms with Gasteiger partial charge in [-0.15, -0.1) is 0 Å². The predicted molar refractivity (Wildman–Crippen MR) is 142 cm³/mol. The summed E-state index contributed by atoms with van der Waals surface area (Å²) >= 11 is 0. The van der Waals surface area contributed by atoms with Gasteiger partial charge in [0.1, 0.15) is 5.75 Å². The molecule has 2 atom stereocenters. The van der Waals surface area contributed by atoms with Crippen molar-refractivity contribution < 1.29 is 4.74 Å². The van der Waals surface area contributed by atoms with Crippen LogP contribution in [0.3, 0.4) is 0 Å². The molecular weight excluding hydrogens is 402 g/mol. The second kappa shape index (κ2) is 15.1. The molecule has 1 aliphatic carbocycles. The number of benzene rings is 1. The lowest BCUT2D eigenvalue weighted by Crippen LogP contribution is -2.16. The molecular formula is C31H47NO. The molecule has 33 heavy (non-hydrogen) atoms. The number of unbranched alkanes of at least 4 members (excludes halogenated alkanes) is 6. The van der Waals surface area contributed by atoms with E-state index < -0.39 is 0 Å². The molecule has 0 saturated heterocycles. The molecule has 1 aliphatic rings. The summed E-state index contributed by atoms with van der Waals surface area (Å²) in [5.41, 5.74) is 3.69. The third kappa shape index (κ3) is 9.51. The molecule has 0 amide bonds. The van der Waals surface area contributed by atoms with Crippen LogP contribution in [0.1, 0.15) is 109 Å². The summed E-state index contributed by atoms with van der Waals surface area (Å²) in [7, 11) is 0. The van der Waals surface area contributed by atoms with E-state index >= 15 is 0 Å². The van der Waals surface area contributed by atoms with Crippen LogP contribution in [-0.4, -0.2) is 11.6 Å². The summed E-state index contributed by atoms with van der Waals surface area (Å²) < 4.78 is 5.83. The summed E-state index contributed by atoms with van der Waals surface area (Å²) in [4.78, 5) is 4.63. The van der Waals surface area contributed by atoms with Crippen LogP contribution in [0, 0.1) is 11.8 Å². The van der Waals surface area contributed by atoms with Gasteiger partial charge in [0, 0.05) is 5.56 Å². The van der Waals surface area contributed by atoms with Gasteiger partial charge in [-0.1, -0.05) is 109 Å². The average molecular weight is 450 g/mol. The first-order valence-electron chi connectivity index (χ1n) is 14.0. The van der Waals surface area contributed by atoms with Crippen LogP contribution < -0.4 is 4.74 Å². The van der Waals surface area contributed by atoms with Crippen LogP contribution in [0.4, 0.5) is 0 Å². The Bertz CT molecular complexity index is 751. The zero-order valence-corrected chi connectivity index (χ0v) is 21.4. The third-order valence-electron chi connectivity index (χ3n) is 7.45. The topological polar surface area (TPSA) is 22.1 Å². The Morgan fingerprint density at radius 2 is 1.52 bits per heavy atom. The van der Waals surface area contributed by atoms with E-state index in [0.29, 0.717) is 0 Å². The van der Waals surface area contributed by atoms with Crippen molar-refractivity contribution in [3.8, 4) is 17.0 Å². The van der Waals surface area contributed by atoms with Gasteiger partial charge in [0.2, 0.25) is 0 Å². The first kappa shape index (κ1) is 25.8. The number of rotatable bonds is 15. The van der Waals surface area contributed by atoms with Gasteiger partial charge in [-0.05, 0) is 55.2 Å². The number of aromatic nitrogens is 1. The maximum atomic E-state index is 5.83. The molecule has 0 spiro atoms. The first-order chi connectivity index (χ1) is 16.3. The molecule has 1 aromatic carbocycles. The van der Waals surface area contributed by atoms with Gasteiger partial charge < -0.3 is 4.74 Å². The van der Waals surface area contributed by atoms with Crippen LogP contribution >= 0.6 is 0 Å². The van der Waals surface area contributed by atoms with Crippen molar-refractivity contribution in [3.05, 3.63) is 48.2 Å². The normalized spacial score (nSPS) is 18.4. The zero-order chi connectivity index (χ0) is 23.1. The largest absolute Gasteiger partial charge is 0.492 e. The lowest BCUT2D eigenvalue weighted by molar-refractivity contribution is 0.239. The van der Waals surface area contributed by atoms with Crippen molar-refractivity contribution in [1.82, 2.24) is 4.98 Å². The minimum atomic E-state index is 0.788. The molecule has 0 bridgehead atoms. The summed E-state index contributed by atoms with van der Waals surface area (Å²) in [6, 6.07) is 13.2. The number of hydrogen-bond acceptors (Lipinski definition) is 2. The highest BCUT2D eigenvalue weighted by Crippen LogP contribution is 2.35. The molecule has 2 nitrogen and oxygen atoms in total. The SMILES string of the molecule is CCCCCCOc1ccc(-c2ccc(CCC3CCCC(CCCCCC)C3)cc2)nc1. The zero-order valence-electron chi connectivity index (χ0n) is 21.4. The van der Waals surface area contributed by atoms with E-state index in [1.807, 2.05) is 6.20 Å². The van der Waals surface area contributed by atoms with E-state index in [1.54, 1.807) is 0 Å². The minimum absolute atomic E-state index is 0.788. The highest BCUT2D eigenvalue weighted by molar-refractivity contribution is 5.59. The fourth-order valence-corrected chi connectivity index (χ4v) is 5.35. The Balaban J connectivity index is 1.40. The number of pyridine rings is 1. The molecule has 1 heterocycles. The fraction of sp³-hybridized carbons (Fsp3) is 0.645. The van der Waals surface area contributed by atoms with Crippen LogP contribution in [0.25, 0.3) is 11.3 Å². The summed E-state index contributed by atoms with van der Waals surface area (Å²) in [6.45, 7) is 5.33. The molecule has 0 N–H and O–H groups in total. The fourth-order valence-electron chi connectivity index (χ4n) is 5.35. The summed E-state index contributed by atoms with van der Waals surface area (Å²) in [5.74, 6) is 2.81. The average Bonchev–Trinajstić information content (AvgIpc) is 2.86. The van der Waals surface area contributed by atoms with Crippen LogP contribution in [0.5, 0.6) is 5.75 Å². The lowest BCUT2D eigenvalue weighted by Gasteiger charge is -2.29. The van der Waals surface area contributed by atoms with Gasteiger partial charge in [0.15, 0.2) is 0 Å². The van der Waals surface area contributed by atoms with Gasteiger partial charge in [-0.3, -0.25) is 4.98 Å². The van der Waals surface area contributed by atoms with Crippen molar-refractivity contribution in [2.75, 3.05) is 6.61 Å². The minimum Gasteiger partial charge on any atom is -0.492 e. The Hall–Kier alpha value is -1.83.